The molecule has 0 amide bonds. The molecule has 1 saturated heterocycles. The summed E-state index contributed by atoms with van der Waals surface area (Å²) in [5.41, 5.74) is 0. The third-order valence-corrected chi connectivity index (χ3v) is 5.32. The molecule has 0 aromatic rings. The van der Waals surface area contributed by atoms with Gasteiger partial charge >= 0.3 is 7.60 Å². The maximum absolute atomic E-state index is 12.2. The van der Waals surface area contributed by atoms with E-state index in [2.05, 4.69) is 5.32 Å². The van der Waals surface area contributed by atoms with Crippen LogP contribution >= 0.6 is 7.60 Å². The molecule has 0 radical (unpaired) electrons. The number of rotatable bonds is 8. The Hall–Kier alpha value is 0.110. The summed E-state index contributed by atoms with van der Waals surface area (Å²) in [4.78, 5) is 0. The first-order chi connectivity index (χ1) is 8.20. The van der Waals surface area contributed by atoms with Gasteiger partial charge in [-0.2, -0.15) is 0 Å². The second-order valence-corrected chi connectivity index (χ2v) is 6.69. The largest absolute Gasteiger partial charge is 0.330 e. The number of piperidine rings is 1. The van der Waals surface area contributed by atoms with Crippen molar-refractivity contribution in [2.45, 2.75) is 39.5 Å². The lowest BCUT2D eigenvalue weighted by Crippen LogP contribution is -2.27. The van der Waals surface area contributed by atoms with Crippen LogP contribution in [0.4, 0.5) is 0 Å². The van der Waals surface area contributed by atoms with Gasteiger partial charge in [-0.05, 0) is 58.5 Å². The molecule has 102 valence electrons. The molecule has 0 aliphatic carbocycles. The highest BCUT2D eigenvalue weighted by atomic mass is 31.2. The topological polar surface area (TPSA) is 47.6 Å². The molecule has 5 heteroatoms. The van der Waals surface area contributed by atoms with Gasteiger partial charge in [-0.25, -0.2) is 0 Å². The van der Waals surface area contributed by atoms with E-state index in [-0.39, 0.29) is 0 Å². The zero-order chi connectivity index (χ0) is 12.6. The normalized spacial score (nSPS) is 18.5. The van der Waals surface area contributed by atoms with Gasteiger partial charge in [0, 0.05) is 0 Å². The SMILES string of the molecule is CCOP(=O)(CCCC1CCNCC1)OCC. The molecule has 1 aliphatic rings. The van der Waals surface area contributed by atoms with Crippen molar-refractivity contribution in [2.24, 2.45) is 5.92 Å². The van der Waals surface area contributed by atoms with Crippen molar-refractivity contribution in [3.8, 4) is 0 Å². The first-order valence-corrected chi connectivity index (χ1v) is 8.52. The van der Waals surface area contributed by atoms with Gasteiger partial charge < -0.3 is 14.4 Å². The Morgan fingerprint density at radius 1 is 1.18 bits per heavy atom. The number of hydrogen-bond acceptors (Lipinski definition) is 4. The van der Waals surface area contributed by atoms with Crippen LogP contribution < -0.4 is 5.32 Å². The summed E-state index contributed by atoms with van der Waals surface area (Å²) in [5, 5.41) is 3.36. The van der Waals surface area contributed by atoms with Gasteiger partial charge in [-0.3, -0.25) is 4.57 Å². The fraction of sp³-hybridized carbons (Fsp3) is 1.00. The van der Waals surface area contributed by atoms with Crippen LogP contribution in [0, 0.1) is 5.92 Å². The Morgan fingerprint density at radius 2 is 1.76 bits per heavy atom. The Balaban J connectivity index is 2.23. The Labute approximate surface area is 105 Å². The molecule has 4 nitrogen and oxygen atoms in total. The molecular formula is C12H26NO3P. The summed E-state index contributed by atoms with van der Waals surface area (Å²) in [6.45, 7) is 6.89. The second-order valence-electron chi connectivity index (χ2n) is 4.51. The van der Waals surface area contributed by atoms with E-state index in [1.165, 1.54) is 12.8 Å². The minimum absolute atomic E-state index is 0.463. The third-order valence-electron chi connectivity index (χ3n) is 3.15. The van der Waals surface area contributed by atoms with Gasteiger partial charge in [0.2, 0.25) is 0 Å². The first kappa shape index (κ1) is 15.2. The predicted molar refractivity (Wildman–Crippen MR) is 70.6 cm³/mol. The van der Waals surface area contributed by atoms with Crippen molar-refractivity contribution in [1.29, 1.82) is 0 Å². The smallest absolute Gasteiger partial charge is 0.317 e. The first-order valence-electron chi connectivity index (χ1n) is 6.79. The van der Waals surface area contributed by atoms with Crippen LogP contribution in [0.5, 0.6) is 0 Å². The van der Waals surface area contributed by atoms with E-state index in [4.69, 9.17) is 9.05 Å². The van der Waals surface area contributed by atoms with Crippen molar-refractivity contribution < 1.29 is 13.6 Å². The Morgan fingerprint density at radius 3 is 2.29 bits per heavy atom. The van der Waals surface area contributed by atoms with Gasteiger partial charge in [0.05, 0.1) is 19.4 Å². The van der Waals surface area contributed by atoms with E-state index in [9.17, 15) is 4.57 Å². The monoisotopic (exact) mass is 263 g/mol. The van der Waals surface area contributed by atoms with Crippen molar-refractivity contribution in [2.75, 3.05) is 32.5 Å². The van der Waals surface area contributed by atoms with Crippen LogP contribution in [0.25, 0.3) is 0 Å². The lowest BCUT2D eigenvalue weighted by molar-refractivity contribution is 0.218. The summed E-state index contributed by atoms with van der Waals surface area (Å²) in [6.07, 6.45) is 5.15. The van der Waals surface area contributed by atoms with Gasteiger partial charge in [0.1, 0.15) is 0 Å². The third kappa shape index (κ3) is 6.01. The average Bonchev–Trinajstić information content (AvgIpc) is 2.31. The highest BCUT2D eigenvalue weighted by Gasteiger charge is 2.23. The van der Waals surface area contributed by atoms with E-state index in [0.29, 0.717) is 19.4 Å². The van der Waals surface area contributed by atoms with Crippen LogP contribution in [0.2, 0.25) is 0 Å². The zero-order valence-corrected chi connectivity index (χ0v) is 12.0. The van der Waals surface area contributed by atoms with Gasteiger partial charge in [0.15, 0.2) is 0 Å². The van der Waals surface area contributed by atoms with E-state index in [1.54, 1.807) is 0 Å². The van der Waals surface area contributed by atoms with Crippen LogP contribution in [-0.2, 0) is 13.6 Å². The number of nitrogens with one attached hydrogen (secondary N) is 1. The lowest BCUT2D eigenvalue weighted by Gasteiger charge is -2.23. The molecule has 0 saturated carbocycles. The average molecular weight is 263 g/mol. The molecule has 0 atom stereocenters. The highest BCUT2D eigenvalue weighted by Crippen LogP contribution is 2.49. The maximum atomic E-state index is 12.2. The summed E-state index contributed by atoms with van der Waals surface area (Å²) >= 11 is 0. The highest BCUT2D eigenvalue weighted by molar-refractivity contribution is 7.53. The molecule has 1 rings (SSSR count). The standard InChI is InChI=1S/C12H26NO3P/c1-3-15-17(14,16-4-2)11-5-6-12-7-9-13-10-8-12/h12-13H,3-11H2,1-2H3. The van der Waals surface area contributed by atoms with Crippen molar-refractivity contribution in [3.63, 3.8) is 0 Å². The molecule has 1 aliphatic heterocycles. The van der Waals surface area contributed by atoms with Crippen LogP contribution in [0.1, 0.15) is 39.5 Å². The predicted octanol–water partition coefficient (Wildman–Crippen LogP) is 3.03. The van der Waals surface area contributed by atoms with Crippen LogP contribution in [0.15, 0.2) is 0 Å². The lowest BCUT2D eigenvalue weighted by atomic mass is 9.94. The van der Waals surface area contributed by atoms with Crippen molar-refractivity contribution >= 4 is 7.60 Å². The van der Waals surface area contributed by atoms with Crippen molar-refractivity contribution in [3.05, 3.63) is 0 Å². The van der Waals surface area contributed by atoms with Crippen molar-refractivity contribution in [1.82, 2.24) is 5.32 Å². The Bertz CT molecular complexity index is 232. The molecular weight excluding hydrogens is 237 g/mol. The quantitative estimate of drug-likeness (QED) is 0.684. The minimum Gasteiger partial charge on any atom is -0.317 e. The van der Waals surface area contributed by atoms with E-state index in [1.807, 2.05) is 13.8 Å². The molecule has 1 heterocycles. The van der Waals surface area contributed by atoms with Gasteiger partial charge in [-0.1, -0.05) is 0 Å². The summed E-state index contributed by atoms with van der Waals surface area (Å²) in [7, 11) is -2.80. The van der Waals surface area contributed by atoms with Gasteiger partial charge in [-0.15, -0.1) is 0 Å². The van der Waals surface area contributed by atoms with E-state index in [0.717, 1.165) is 31.8 Å². The van der Waals surface area contributed by atoms with Crippen LogP contribution in [0.3, 0.4) is 0 Å². The molecule has 17 heavy (non-hydrogen) atoms. The Kier molecular flexibility index (Phi) is 7.36. The number of hydrogen-bond donors (Lipinski definition) is 1. The summed E-state index contributed by atoms with van der Waals surface area (Å²) < 4.78 is 22.8. The molecule has 0 bridgehead atoms. The molecule has 1 N–H and O–H groups in total. The molecule has 1 fully saturated rings. The molecule has 0 unspecified atom stereocenters. The second kappa shape index (κ2) is 8.25. The summed E-state index contributed by atoms with van der Waals surface area (Å²) in [6, 6.07) is 0. The van der Waals surface area contributed by atoms with Gasteiger partial charge in [0.25, 0.3) is 0 Å². The summed E-state index contributed by atoms with van der Waals surface area (Å²) in [5.74, 6) is 0.785. The zero-order valence-electron chi connectivity index (χ0n) is 11.1. The molecule has 0 aromatic carbocycles. The van der Waals surface area contributed by atoms with E-state index >= 15 is 0 Å². The fourth-order valence-corrected chi connectivity index (χ4v) is 3.99. The molecule has 0 aromatic heterocycles. The van der Waals surface area contributed by atoms with E-state index < -0.39 is 7.60 Å². The minimum atomic E-state index is -2.80. The maximum Gasteiger partial charge on any atom is 0.330 e. The van der Waals surface area contributed by atoms with Crippen LogP contribution in [-0.4, -0.2) is 32.5 Å². The molecule has 0 spiro atoms. The fourth-order valence-electron chi connectivity index (χ4n) is 2.30.